The smallest absolute Gasteiger partial charge is 0.0768 e. The molecule has 0 amide bonds. The SMILES string of the molecule is NCC(c1sccc1Br)N1CCCCc2ccccc21. The Bertz CT molecular complexity index is 581. The molecule has 0 aliphatic carbocycles. The summed E-state index contributed by atoms with van der Waals surface area (Å²) in [6.07, 6.45) is 3.67. The second kappa shape index (κ2) is 6.29. The van der Waals surface area contributed by atoms with Crippen molar-refractivity contribution in [2.75, 3.05) is 18.0 Å². The maximum Gasteiger partial charge on any atom is 0.0768 e. The highest BCUT2D eigenvalue weighted by atomic mass is 79.9. The lowest BCUT2D eigenvalue weighted by atomic mass is 10.1. The van der Waals surface area contributed by atoms with Crippen LogP contribution < -0.4 is 10.6 Å². The number of halogens is 1. The third kappa shape index (κ3) is 2.65. The highest BCUT2D eigenvalue weighted by molar-refractivity contribution is 9.10. The molecule has 0 saturated carbocycles. The van der Waals surface area contributed by atoms with Crippen LogP contribution in [0.1, 0.15) is 29.3 Å². The van der Waals surface area contributed by atoms with Crippen LogP contribution in [0.15, 0.2) is 40.2 Å². The number of anilines is 1. The summed E-state index contributed by atoms with van der Waals surface area (Å²) in [7, 11) is 0. The molecule has 0 fully saturated rings. The zero-order chi connectivity index (χ0) is 13.9. The van der Waals surface area contributed by atoms with E-state index in [-0.39, 0.29) is 6.04 Å². The Hall–Kier alpha value is -0.840. The van der Waals surface area contributed by atoms with E-state index < -0.39 is 0 Å². The highest BCUT2D eigenvalue weighted by Gasteiger charge is 2.25. The van der Waals surface area contributed by atoms with Crippen molar-refractivity contribution < 1.29 is 0 Å². The Morgan fingerprint density at radius 3 is 2.85 bits per heavy atom. The summed E-state index contributed by atoms with van der Waals surface area (Å²) in [6, 6.07) is 11.2. The second-order valence-corrected chi connectivity index (χ2v) is 6.97. The molecule has 106 valence electrons. The molecule has 4 heteroatoms. The Labute approximate surface area is 132 Å². The fourth-order valence-electron chi connectivity index (χ4n) is 2.96. The third-order valence-electron chi connectivity index (χ3n) is 3.94. The van der Waals surface area contributed by atoms with Gasteiger partial charge in [-0.25, -0.2) is 0 Å². The molecule has 2 N–H and O–H groups in total. The van der Waals surface area contributed by atoms with Crippen LogP contribution in [-0.4, -0.2) is 13.1 Å². The molecule has 0 saturated heterocycles. The molecular weight excluding hydrogens is 332 g/mol. The van der Waals surface area contributed by atoms with Crippen molar-refractivity contribution >= 4 is 33.0 Å². The van der Waals surface area contributed by atoms with Crippen LogP contribution in [0.3, 0.4) is 0 Å². The number of nitrogens with zero attached hydrogens (tertiary/aromatic N) is 1. The number of thiophene rings is 1. The molecule has 1 atom stereocenters. The van der Waals surface area contributed by atoms with Crippen LogP contribution in [0, 0.1) is 0 Å². The van der Waals surface area contributed by atoms with Crippen molar-refractivity contribution in [3.8, 4) is 0 Å². The molecule has 0 radical (unpaired) electrons. The molecule has 3 rings (SSSR count). The van der Waals surface area contributed by atoms with Gasteiger partial charge in [-0.15, -0.1) is 11.3 Å². The first-order chi connectivity index (χ1) is 9.81. The van der Waals surface area contributed by atoms with Crippen LogP contribution >= 0.6 is 27.3 Å². The molecule has 1 aliphatic heterocycles. The van der Waals surface area contributed by atoms with Crippen LogP contribution in [0.25, 0.3) is 0 Å². The van der Waals surface area contributed by atoms with Gasteiger partial charge in [-0.05, 0) is 58.3 Å². The fraction of sp³-hybridized carbons (Fsp3) is 0.375. The van der Waals surface area contributed by atoms with E-state index in [4.69, 9.17) is 5.73 Å². The predicted octanol–water partition coefficient (Wildman–Crippen LogP) is 4.35. The predicted molar refractivity (Wildman–Crippen MR) is 90.5 cm³/mol. The van der Waals surface area contributed by atoms with Gasteiger partial charge in [0.2, 0.25) is 0 Å². The minimum Gasteiger partial charge on any atom is -0.362 e. The molecule has 20 heavy (non-hydrogen) atoms. The monoisotopic (exact) mass is 350 g/mol. The molecule has 1 aromatic heterocycles. The summed E-state index contributed by atoms with van der Waals surface area (Å²) < 4.78 is 1.18. The molecule has 2 nitrogen and oxygen atoms in total. The van der Waals surface area contributed by atoms with Gasteiger partial charge >= 0.3 is 0 Å². The van der Waals surface area contributed by atoms with E-state index in [1.54, 1.807) is 11.3 Å². The van der Waals surface area contributed by atoms with E-state index in [1.165, 1.54) is 39.9 Å². The summed E-state index contributed by atoms with van der Waals surface area (Å²) in [6.45, 7) is 1.73. The lowest BCUT2D eigenvalue weighted by molar-refractivity contribution is 0.617. The summed E-state index contributed by atoms with van der Waals surface area (Å²) in [5, 5.41) is 2.13. The third-order valence-corrected chi connectivity index (χ3v) is 5.92. The van der Waals surface area contributed by atoms with Crippen molar-refractivity contribution in [1.29, 1.82) is 0 Å². The van der Waals surface area contributed by atoms with Gasteiger partial charge in [-0.1, -0.05) is 18.2 Å². The van der Waals surface area contributed by atoms with E-state index >= 15 is 0 Å². The molecule has 0 spiro atoms. The second-order valence-electron chi connectivity index (χ2n) is 5.16. The van der Waals surface area contributed by atoms with Gasteiger partial charge in [0.1, 0.15) is 0 Å². The zero-order valence-electron chi connectivity index (χ0n) is 11.4. The summed E-state index contributed by atoms with van der Waals surface area (Å²) in [4.78, 5) is 3.84. The summed E-state index contributed by atoms with van der Waals surface area (Å²) in [5.41, 5.74) is 8.93. The first kappa shape index (κ1) is 14.1. The van der Waals surface area contributed by atoms with E-state index in [0.29, 0.717) is 6.54 Å². The zero-order valence-corrected chi connectivity index (χ0v) is 13.8. The quantitative estimate of drug-likeness (QED) is 0.891. The van der Waals surface area contributed by atoms with Gasteiger partial charge in [0.05, 0.1) is 6.04 Å². The Morgan fingerprint density at radius 1 is 1.25 bits per heavy atom. The molecular formula is C16H19BrN2S. The minimum atomic E-state index is 0.267. The Kier molecular flexibility index (Phi) is 4.44. The van der Waals surface area contributed by atoms with E-state index in [0.717, 1.165) is 6.54 Å². The van der Waals surface area contributed by atoms with Crippen molar-refractivity contribution in [2.45, 2.75) is 25.3 Å². The number of fused-ring (bicyclic) bond motifs is 1. The Balaban J connectivity index is 2.01. The average Bonchev–Trinajstić information content (AvgIpc) is 2.77. The van der Waals surface area contributed by atoms with Crippen molar-refractivity contribution in [3.63, 3.8) is 0 Å². The number of nitrogens with two attached hydrogens (primary N) is 1. The van der Waals surface area contributed by atoms with Crippen LogP contribution in [-0.2, 0) is 6.42 Å². The molecule has 1 aliphatic rings. The highest BCUT2D eigenvalue weighted by Crippen LogP contribution is 2.37. The van der Waals surface area contributed by atoms with Crippen LogP contribution in [0.2, 0.25) is 0 Å². The number of hydrogen-bond donors (Lipinski definition) is 1. The largest absolute Gasteiger partial charge is 0.362 e. The van der Waals surface area contributed by atoms with Crippen molar-refractivity contribution in [1.82, 2.24) is 0 Å². The number of benzene rings is 1. The van der Waals surface area contributed by atoms with Crippen molar-refractivity contribution in [3.05, 3.63) is 50.6 Å². The number of para-hydroxylation sites is 1. The number of rotatable bonds is 3. The molecule has 0 bridgehead atoms. The number of aryl methyl sites for hydroxylation is 1. The minimum absolute atomic E-state index is 0.267. The maximum atomic E-state index is 6.12. The van der Waals surface area contributed by atoms with Gasteiger partial charge in [-0.2, -0.15) is 0 Å². The summed E-state index contributed by atoms with van der Waals surface area (Å²) >= 11 is 5.45. The lowest BCUT2D eigenvalue weighted by Crippen LogP contribution is -2.34. The van der Waals surface area contributed by atoms with E-state index in [2.05, 4.69) is 56.5 Å². The first-order valence-electron chi connectivity index (χ1n) is 7.08. The molecule has 1 unspecified atom stereocenters. The van der Waals surface area contributed by atoms with Gasteiger partial charge in [0.25, 0.3) is 0 Å². The Morgan fingerprint density at radius 2 is 2.10 bits per heavy atom. The van der Waals surface area contributed by atoms with Crippen LogP contribution in [0.4, 0.5) is 5.69 Å². The number of hydrogen-bond acceptors (Lipinski definition) is 3. The van der Waals surface area contributed by atoms with Gasteiger partial charge in [0.15, 0.2) is 0 Å². The van der Waals surface area contributed by atoms with E-state index in [1.807, 2.05) is 0 Å². The van der Waals surface area contributed by atoms with Gasteiger partial charge < -0.3 is 10.6 Å². The maximum absolute atomic E-state index is 6.12. The van der Waals surface area contributed by atoms with Crippen molar-refractivity contribution in [2.24, 2.45) is 5.73 Å². The normalized spacial score (nSPS) is 16.6. The average molecular weight is 351 g/mol. The topological polar surface area (TPSA) is 29.3 Å². The molecule has 1 aromatic carbocycles. The van der Waals surface area contributed by atoms with E-state index in [9.17, 15) is 0 Å². The fourth-order valence-corrected chi connectivity index (χ4v) is 4.73. The first-order valence-corrected chi connectivity index (χ1v) is 8.76. The van der Waals surface area contributed by atoms with Gasteiger partial charge in [0, 0.05) is 28.1 Å². The van der Waals surface area contributed by atoms with Crippen LogP contribution in [0.5, 0.6) is 0 Å². The summed E-state index contributed by atoms with van der Waals surface area (Å²) in [5.74, 6) is 0. The molecule has 2 heterocycles. The van der Waals surface area contributed by atoms with Gasteiger partial charge in [-0.3, -0.25) is 0 Å². The standard InChI is InChI=1S/C16H19BrN2S/c17-13-8-10-20-16(13)15(11-18)19-9-4-3-6-12-5-1-2-7-14(12)19/h1-2,5,7-8,10,15H,3-4,6,9,11,18H2. The lowest BCUT2D eigenvalue weighted by Gasteiger charge is -2.33. The molecule has 2 aromatic rings.